The maximum Gasteiger partial charge on any atom is 0.404 e. The van der Waals surface area contributed by atoms with Crippen LogP contribution in [0.25, 0.3) is 0 Å². The van der Waals surface area contributed by atoms with Crippen LogP contribution in [0.1, 0.15) is 12.0 Å². The monoisotopic (exact) mass is 691 g/mol. The summed E-state index contributed by atoms with van der Waals surface area (Å²) in [6, 6.07) is 16.8. The lowest BCUT2D eigenvalue weighted by Crippen LogP contribution is -2.32. The minimum atomic E-state index is -4.56. The van der Waals surface area contributed by atoms with E-state index in [1.165, 1.54) is 26.5 Å². The molecule has 0 radical (unpaired) electrons. The SMILES string of the molecule is COc1ccc(CN(c2ccccn2)S(=O)(=O)c2cc(Cl)c(Nc3ccc(Cl)cc3N(C)CCCOC(N)=O)cc2F)c(OC)c1. The summed E-state index contributed by atoms with van der Waals surface area (Å²) in [4.78, 5) is 16.3. The Morgan fingerprint density at radius 2 is 1.80 bits per heavy atom. The van der Waals surface area contributed by atoms with Gasteiger partial charge in [-0.1, -0.05) is 29.3 Å². The molecular formula is C31H32Cl2FN5O6S. The van der Waals surface area contributed by atoms with E-state index in [-0.39, 0.29) is 29.7 Å². The summed E-state index contributed by atoms with van der Waals surface area (Å²) in [5, 5.41) is 3.47. The van der Waals surface area contributed by atoms with Crippen LogP contribution < -0.4 is 29.7 Å². The Bertz CT molecular complexity index is 1800. The van der Waals surface area contributed by atoms with Crippen molar-refractivity contribution in [3.05, 3.63) is 94.4 Å². The average molecular weight is 693 g/mol. The second-order valence-corrected chi connectivity index (χ2v) is 12.5. The number of carbonyl (C=O) groups is 1. The van der Waals surface area contributed by atoms with Gasteiger partial charge in [-0.3, -0.25) is 0 Å². The van der Waals surface area contributed by atoms with Gasteiger partial charge in [-0.05, 0) is 55.0 Å². The third-order valence-corrected chi connectivity index (χ3v) is 9.14. The molecule has 0 bridgehead atoms. The minimum absolute atomic E-state index is 0.0543. The lowest BCUT2D eigenvalue weighted by atomic mass is 10.2. The molecule has 46 heavy (non-hydrogen) atoms. The van der Waals surface area contributed by atoms with Crippen molar-refractivity contribution in [2.75, 3.05) is 48.9 Å². The number of benzene rings is 3. The number of anilines is 4. The van der Waals surface area contributed by atoms with E-state index in [2.05, 4.69) is 10.3 Å². The molecule has 0 saturated heterocycles. The maximum atomic E-state index is 15.8. The van der Waals surface area contributed by atoms with E-state index < -0.39 is 26.8 Å². The van der Waals surface area contributed by atoms with Crippen LogP contribution in [-0.2, 0) is 21.3 Å². The van der Waals surface area contributed by atoms with Gasteiger partial charge in [0.05, 0.1) is 49.5 Å². The molecule has 4 aromatic rings. The van der Waals surface area contributed by atoms with Crippen molar-refractivity contribution >= 4 is 62.2 Å². The number of halogens is 3. The summed E-state index contributed by atoms with van der Waals surface area (Å²) in [5.74, 6) is -0.0891. The first-order chi connectivity index (χ1) is 21.9. The zero-order chi connectivity index (χ0) is 33.4. The van der Waals surface area contributed by atoms with Gasteiger partial charge in [-0.15, -0.1) is 0 Å². The lowest BCUT2D eigenvalue weighted by molar-refractivity contribution is 0.156. The minimum Gasteiger partial charge on any atom is -0.497 e. The molecule has 0 aliphatic carbocycles. The number of carbonyl (C=O) groups excluding carboxylic acids is 1. The van der Waals surface area contributed by atoms with Gasteiger partial charge in [-0.25, -0.2) is 26.9 Å². The normalized spacial score (nSPS) is 11.1. The first kappa shape index (κ1) is 34.4. The summed E-state index contributed by atoms with van der Waals surface area (Å²) in [6.07, 6.45) is 1.05. The van der Waals surface area contributed by atoms with E-state index in [4.69, 9.17) is 43.1 Å². The highest BCUT2D eigenvalue weighted by Gasteiger charge is 2.31. The molecule has 244 valence electrons. The summed E-state index contributed by atoms with van der Waals surface area (Å²) < 4.78 is 60.5. The first-order valence-corrected chi connectivity index (χ1v) is 16.0. The topological polar surface area (TPSA) is 136 Å². The molecular weight excluding hydrogens is 660 g/mol. The van der Waals surface area contributed by atoms with Crippen LogP contribution >= 0.6 is 23.2 Å². The van der Waals surface area contributed by atoms with E-state index in [0.29, 0.717) is 46.4 Å². The Labute approximate surface area is 276 Å². The van der Waals surface area contributed by atoms with Crippen molar-refractivity contribution in [2.24, 2.45) is 5.73 Å². The number of nitrogens with zero attached hydrogens (tertiary/aromatic N) is 3. The third kappa shape index (κ3) is 8.22. The largest absolute Gasteiger partial charge is 0.497 e. The van der Waals surface area contributed by atoms with Crippen LogP contribution in [0, 0.1) is 5.82 Å². The number of pyridine rings is 1. The molecule has 0 aliphatic heterocycles. The van der Waals surface area contributed by atoms with Gasteiger partial charge >= 0.3 is 6.09 Å². The number of hydrogen-bond donors (Lipinski definition) is 2. The average Bonchev–Trinajstić information content (AvgIpc) is 3.04. The molecule has 4 rings (SSSR count). The van der Waals surface area contributed by atoms with Crippen LogP contribution in [0.15, 0.2) is 77.8 Å². The molecule has 0 spiro atoms. The molecule has 0 aliphatic rings. The van der Waals surface area contributed by atoms with Crippen LogP contribution in [0.2, 0.25) is 10.0 Å². The molecule has 15 heteroatoms. The quantitative estimate of drug-likeness (QED) is 0.140. The molecule has 0 atom stereocenters. The van der Waals surface area contributed by atoms with E-state index in [1.54, 1.807) is 55.6 Å². The van der Waals surface area contributed by atoms with Gasteiger partial charge in [0, 0.05) is 42.5 Å². The summed E-state index contributed by atoms with van der Waals surface area (Å²) in [5.41, 5.74) is 6.77. The molecule has 1 amide bonds. The highest BCUT2D eigenvalue weighted by molar-refractivity contribution is 7.92. The zero-order valence-electron chi connectivity index (χ0n) is 25.2. The van der Waals surface area contributed by atoms with Gasteiger partial charge in [0.2, 0.25) is 0 Å². The van der Waals surface area contributed by atoms with Crippen LogP contribution in [-0.4, -0.2) is 53.9 Å². The summed E-state index contributed by atoms with van der Waals surface area (Å²) >= 11 is 12.8. The molecule has 0 fully saturated rings. The number of nitrogens with one attached hydrogen (secondary N) is 1. The Hall–Kier alpha value is -4.46. The zero-order valence-corrected chi connectivity index (χ0v) is 27.5. The Morgan fingerprint density at radius 3 is 2.48 bits per heavy atom. The molecule has 0 saturated carbocycles. The van der Waals surface area contributed by atoms with Gasteiger partial charge in [-0.2, -0.15) is 0 Å². The molecule has 1 aromatic heterocycles. The van der Waals surface area contributed by atoms with Crippen LogP contribution in [0.5, 0.6) is 11.5 Å². The molecule has 0 unspecified atom stereocenters. The number of rotatable bonds is 14. The number of nitrogens with two attached hydrogens (primary N) is 1. The summed E-state index contributed by atoms with van der Waals surface area (Å²) in [7, 11) is 0.189. The third-order valence-electron chi connectivity index (χ3n) is 6.83. The van der Waals surface area contributed by atoms with Crippen molar-refractivity contribution in [3.63, 3.8) is 0 Å². The van der Waals surface area contributed by atoms with E-state index in [1.807, 2.05) is 4.90 Å². The fourth-order valence-electron chi connectivity index (χ4n) is 4.53. The smallest absolute Gasteiger partial charge is 0.404 e. The van der Waals surface area contributed by atoms with E-state index in [9.17, 15) is 13.2 Å². The molecule has 3 aromatic carbocycles. The number of methoxy groups -OCH3 is 2. The Balaban J connectivity index is 1.67. The highest BCUT2D eigenvalue weighted by Crippen LogP contribution is 2.37. The second kappa shape index (κ2) is 15.2. The fraction of sp³-hybridized carbons (Fsp3) is 0.226. The van der Waals surface area contributed by atoms with Crippen molar-refractivity contribution in [1.29, 1.82) is 0 Å². The maximum absolute atomic E-state index is 15.8. The van der Waals surface area contributed by atoms with E-state index >= 15 is 4.39 Å². The standard InChI is InChI=1S/C31H32Cl2FN5O6S/c1-38(13-6-14-45-31(35)40)27-15-21(32)9-11-25(27)37-26-18-24(34)29(17-23(26)33)46(41,42)39(30-7-4-5-12-36-30)19-20-8-10-22(43-2)16-28(20)44-3/h4-5,7-12,15-18,37H,6,13-14,19H2,1-3H3,(H2,35,40). The van der Waals surface area contributed by atoms with Gasteiger partial charge in [0.1, 0.15) is 28.0 Å². The molecule has 1 heterocycles. The van der Waals surface area contributed by atoms with Gasteiger partial charge in [0.15, 0.2) is 0 Å². The van der Waals surface area contributed by atoms with Crippen molar-refractivity contribution in [2.45, 2.75) is 17.9 Å². The number of aromatic nitrogens is 1. The van der Waals surface area contributed by atoms with Gasteiger partial charge < -0.3 is 30.2 Å². The first-order valence-electron chi connectivity index (χ1n) is 13.8. The van der Waals surface area contributed by atoms with Crippen molar-refractivity contribution in [1.82, 2.24) is 4.98 Å². The van der Waals surface area contributed by atoms with Crippen molar-refractivity contribution in [3.8, 4) is 11.5 Å². The van der Waals surface area contributed by atoms with Crippen molar-refractivity contribution < 1.29 is 31.8 Å². The molecule has 11 nitrogen and oxygen atoms in total. The predicted molar refractivity (Wildman–Crippen MR) is 177 cm³/mol. The number of amides is 1. The fourth-order valence-corrected chi connectivity index (χ4v) is 6.45. The number of sulfonamides is 1. The number of hydrogen-bond acceptors (Lipinski definition) is 9. The van der Waals surface area contributed by atoms with E-state index in [0.717, 1.165) is 16.4 Å². The lowest BCUT2D eigenvalue weighted by Gasteiger charge is -2.25. The Kier molecular flexibility index (Phi) is 11.4. The highest BCUT2D eigenvalue weighted by atomic mass is 35.5. The predicted octanol–water partition coefficient (Wildman–Crippen LogP) is 6.61. The van der Waals surface area contributed by atoms with Crippen LogP contribution in [0.4, 0.5) is 32.1 Å². The number of primary amides is 1. The van der Waals surface area contributed by atoms with Crippen LogP contribution in [0.3, 0.4) is 0 Å². The van der Waals surface area contributed by atoms with Gasteiger partial charge in [0.25, 0.3) is 10.0 Å². The second-order valence-electron chi connectivity index (χ2n) is 9.87. The number of ether oxygens (including phenoxy) is 3. The Morgan fingerprint density at radius 1 is 1.02 bits per heavy atom. The molecule has 3 N–H and O–H groups in total. The summed E-state index contributed by atoms with van der Waals surface area (Å²) in [6.45, 7) is 0.356.